The van der Waals surface area contributed by atoms with Crippen LogP contribution in [0.2, 0.25) is 0 Å². The molecular weight excluding hydrogens is 280 g/mol. The second-order valence-electron chi connectivity index (χ2n) is 5.21. The Morgan fingerprint density at radius 2 is 2.09 bits per heavy atom. The Morgan fingerprint density at radius 3 is 2.91 bits per heavy atom. The number of methoxy groups -OCH3 is 1. The molecule has 0 saturated carbocycles. The fourth-order valence-electron chi connectivity index (χ4n) is 3.10. The van der Waals surface area contributed by atoms with Crippen molar-refractivity contribution in [2.45, 2.75) is 6.42 Å². The van der Waals surface area contributed by atoms with Gasteiger partial charge in [-0.3, -0.25) is 9.78 Å². The van der Waals surface area contributed by atoms with Crippen LogP contribution in [0.1, 0.15) is 21.5 Å². The minimum Gasteiger partial charge on any atom is -0.465 e. The van der Waals surface area contributed by atoms with Crippen LogP contribution in [0.5, 0.6) is 0 Å². The van der Waals surface area contributed by atoms with E-state index in [-0.39, 0.29) is 11.5 Å². The van der Waals surface area contributed by atoms with Gasteiger partial charge >= 0.3 is 5.97 Å². The second-order valence-corrected chi connectivity index (χ2v) is 5.21. The fourth-order valence-corrected chi connectivity index (χ4v) is 3.10. The maximum absolute atomic E-state index is 12.2. The van der Waals surface area contributed by atoms with Crippen LogP contribution in [0, 0.1) is 0 Å². The van der Waals surface area contributed by atoms with E-state index < -0.39 is 0 Å². The summed E-state index contributed by atoms with van der Waals surface area (Å²) in [6.07, 6.45) is 2.23. The van der Waals surface area contributed by atoms with Crippen LogP contribution in [-0.2, 0) is 11.2 Å². The quantitative estimate of drug-likeness (QED) is 0.546. The SMILES string of the molecule is COC(=O)c1cccc2c1Cc1c-2[nH]c(=O)c2cccnc12. The predicted molar refractivity (Wildman–Crippen MR) is 81.9 cm³/mol. The van der Waals surface area contributed by atoms with Crippen LogP contribution >= 0.6 is 0 Å². The lowest BCUT2D eigenvalue weighted by molar-refractivity contribution is 0.0600. The molecule has 0 unspecified atom stereocenters. The van der Waals surface area contributed by atoms with Crippen molar-refractivity contribution in [3.63, 3.8) is 0 Å². The minimum absolute atomic E-state index is 0.168. The molecule has 5 heteroatoms. The first-order chi connectivity index (χ1) is 10.7. The monoisotopic (exact) mass is 292 g/mol. The highest BCUT2D eigenvalue weighted by atomic mass is 16.5. The molecule has 108 valence electrons. The van der Waals surface area contributed by atoms with Gasteiger partial charge in [-0.25, -0.2) is 4.79 Å². The number of rotatable bonds is 1. The summed E-state index contributed by atoms with van der Waals surface area (Å²) < 4.78 is 4.85. The van der Waals surface area contributed by atoms with Gasteiger partial charge in [0.1, 0.15) is 0 Å². The summed E-state index contributed by atoms with van der Waals surface area (Å²) >= 11 is 0. The second kappa shape index (κ2) is 4.53. The van der Waals surface area contributed by atoms with Crippen molar-refractivity contribution in [1.29, 1.82) is 0 Å². The number of carbonyl (C=O) groups is 1. The van der Waals surface area contributed by atoms with E-state index in [4.69, 9.17) is 4.74 Å². The summed E-state index contributed by atoms with van der Waals surface area (Å²) in [5.74, 6) is -0.371. The fraction of sp³-hybridized carbons (Fsp3) is 0.118. The molecule has 22 heavy (non-hydrogen) atoms. The van der Waals surface area contributed by atoms with Crippen molar-refractivity contribution < 1.29 is 9.53 Å². The Labute approximate surface area is 125 Å². The van der Waals surface area contributed by atoms with Crippen LogP contribution in [-0.4, -0.2) is 23.0 Å². The molecule has 0 spiro atoms. The summed E-state index contributed by atoms with van der Waals surface area (Å²) in [6, 6.07) is 8.93. The molecule has 2 heterocycles. The van der Waals surface area contributed by atoms with Gasteiger partial charge in [-0.05, 0) is 23.8 Å². The lowest BCUT2D eigenvalue weighted by Gasteiger charge is -2.05. The summed E-state index contributed by atoms with van der Waals surface area (Å²) in [5, 5.41) is 0.564. The molecule has 0 fully saturated rings. The van der Waals surface area contributed by atoms with E-state index in [0.717, 1.165) is 22.4 Å². The third-order valence-corrected chi connectivity index (χ3v) is 4.08. The first-order valence-corrected chi connectivity index (χ1v) is 6.91. The molecule has 0 atom stereocenters. The number of fused-ring (bicyclic) bond motifs is 5. The van der Waals surface area contributed by atoms with Crippen molar-refractivity contribution in [1.82, 2.24) is 9.97 Å². The van der Waals surface area contributed by atoms with Gasteiger partial charge in [0, 0.05) is 23.7 Å². The molecule has 0 aliphatic heterocycles. The number of carbonyl (C=O) groups excluding carboxylic acids is 1. The number of pyridine rings is 2. The zero-order valence-electron chi connectivity index (χ0n) is 11.8. The number of hydrogen-bond donors (Lipinski definition) is 1. The summed E-state index contributed by atoms with van der Waals surface area (Å²) in [6.45, 7) is 0. The molecule has 4 rings (SSSR count). The zero-order valence-corrected chi connectivity index (χ0v) is 11.8. The number of aromatic nitrogens is 2. The number of aromatic amines is 1. The smallest absolute Gasteiger partial charge is 0.338 e. The van der Waals surface area contributed by atoms with Crippen molar-refractivity contribution in [3.05, 3.63) is 63.6 Å². The number of ether oxygens (including phenoxy) is 1. The number of hydrogen-bond acceptors (Lipinski definition) is 4. The number of H-pyrrole nitrogens is 1. The van der Waals surface area contributed by atoms with Crippen LogP contribution in [0.15, 0.2) is 41.3 Å². The molecule has 5 nitrogen and oxygen atoms in total. The first kappa shape index (κ1) is 12.8. The molecule has 2 aromatic heterocycles. The predicted octanol–water partition coefficient (Wildman–Crippen LogP) is 2.28. The van der Waals surface area contributed by atoms with Gasteiger partial charge in [0.25, 0.3) is 5.56 Å². The number of benzene rings is 1. The largest absolute Gasteiger partial charge is 0.465 e. The lowest BCUT2D eigenvalue weighted by atomic mass is 10.0. The van der Waals surface area contributed by atoms with Gasteiger partial charge in [-0.15, -0.1) is 0 Å². The topological polar surface area (TPSA) is 72.1 Å². The third kappa shape index (κ3) is 1.62. The highest BCUT2D eigenvalue weighted by Crippen LogP contribution is 2.38. The maximum Gasteiger partial charge on any atom is 0.338 e. The van der Waals surface area contributed by atoms with E-state index >= 15 is 0 Å². The molecule has 0 amide bonds. The highest BCUT2D eigenvalue weighted by molar-refractivity contribution is 5.97. The molecule has 1 aromatic carbocycles. The van der Waals surface area contributed by atoms with Gasteiger partial charge in [0.05, 0.1) is 29.3 Å². The van der Waals surface area contributed by atoms with Crippen molar-refractivity contribution >= 4 is 16.9 Å². The van der Waals surface area contributed by atoms with Gasteiger partial charge in [0.15, 0.2) is 0 Å². The normalized spacial score (nSPS) is 12.0. The Balaban J connectivity index is 2.05. The Bertz CT molecular complexity index is 989. The maximum atomic E-state index is 12.2. The summed E-state index contributed by atoms with van der Waals surface area (Å²) in [5.41, 5.74) is 4.48. The Hall–Kier alpha value is -2.95. The van der Waals surface area contributed by atoms with E-state index in [1.54, 1.807) is 30.5 Å². The van der Waals surface area contributed by atoms with Gasteiger partial charge in [-0.1, -0.05) is 12.1 Å². The van der Waals surface area contributed by atoms with Gasteiger partial charge in [0.2, 0.25) is 0 Å². The molecule has 0 radical (unpaired) electrons. The van der Waals surface area contributed by atoms with Crippen LogP contribution in [0.4, 0.5) is 0 Å². The highest BCUT2D eigenvalue weighted by Gasteiger charge is 2.27. The van der Waals surface area contributed by atoms with E-state index in [0.29, 0.717) is 22.9 Å². The summed E-state index contributed by atoms with van der Waals surface area (Å²) in [7, 11) is 1.36. The molecule has 1 aliphatic rings. The average molecular weight is 292 g/mol. The standard InChI is InChI=1S/C17H12N2O3/c1-22-17(21)10-5-2-4-9-12(10)8-13-14-11(6-3-7-18-14)16(20)19-15(9)13/h2-7H,8H2,1H3,(H,19,20). The van der Waals surface area contributed by atoms with E-state index in [1.165, 1.54) is 7.11 Å². The van der Waals surface area contributed by atoms with E-state index in [2.05, 4.69) is 9.97 Å². The molecular formula is C17H12N2O3. The zero-order chi connectivity index (χ0) is 15.3. The molecule has 1 N–H and O–H groups in total. The van der Waals surface area contributed by atoms with Crippen LogP contribution in [0.3, 0.4) is 0 Å². The average Bonchev–Trinajstić information content (AvgIpc) is 2.93. The molecule has 0 saturated heterocycles. The van der Waals surface area contributed by atoms with E-state index in [1.807, 2.05) is 6.07 Å². The number of nitrogens with one attached hydrogen (secondary N) is 1. The molecule has 1 aliphatic carbocycles. The third-order valence-electron chi connectivity index (χ3n) is 4.08. The van der Waals surface area contributed by atoms with Gasteiger partial charge < -0.3 is 9.72 Å². The molecule has 3 aromatic rings. The first-order valence-electron chi connectivity index (χ1n) is 6.91. The van der Waals surface area contributed by atoms with Gasteiger partial charge in [-0.2, -0.15) is 0 Å². The van der Waals surface area contributed by atoms with Crippen molar-refractivity contribution in [2.24, 2.45) is 0 Å². The van der Waals surface area contributed by atoms with Crippen LogP contribution < -0.4 is 5.56 Å². The Kier molecular flexibility index (Phi) is 2.63. The van der Waals surface area contributed by atoms with E-state index in [9.17, 15) is 9.59 Å². The van der Waals surface area contributed by atoms with Crippen LogP contribution in [0.25, 0.3) is 22.2 Å². The molecule has 0 bridgehead atoms. The summed E-state index contributed by atoms with van der Waals surface area (Å²) in [4.78, 5) is 31.5. The number of nitrogens with zero attached hydrogens (tertiary/aromatic N) is 1. The van der Waals surface area contributed by atoms with Crippen molar-refractivity contribution in [3.8, 4) is 11.3 Å². The lowest BCUT2D eigenvalue weighted by Crippen LogP contribution is -2.09. The Morgan fingerprint density at radius 1 is 1.23 bits per heavy atom. The minimum atomic E-state index is -0.371. The van der Waals surface area contributed by atoms with Crippen molar-refractivity contribution in [2.75, 3.05) is 7.11 Å². The number of esters is 1.